The molecule has 1 aliphatic carbocycles. The number of nitrogens with two attached hydrogens (primary N) is 1. The fraction of sp³-hybridized carbons (Fsp3) is 0. The average Bonchev–Trinajstić information content (AvgIpc) is 2.29. The van der Waals surface area contributed by atoms with Gasteiger partial charge in [-0.25, -0.2) is 10.2 Å². The summed E-state index contributed by atoms with van der Waals surface area (Å²) in [4.78, 5) is 22.5. The number of Topliss-reactive ketones (excluding diaryl/α,β-unsaturated/α-hetero) is 1. The van der Waals surface area contributed by atoms with Gasteiger partial charge >= 0.3 is 6.03 Å². The molecule has 1 aromatic carbocycles. The molecule has 0 heterocycles. The van der Waals surface area contributed by atoms with Crippen LogP contribution in [0, 0.1) is 0 Å². The summed E-state index contributed by atoms with van der Waals surface area (Å²) < 4.78 is 0.808. The first-order chi connectivity index (χ1) is 8.08. The Bertz CT molecular complexity index is 564. The monoisotopic (exact) mass is 293 g/mol. The molecule has 3 N–H and O–H groups in total. The first kappa shape index (κ1) is 11.5. The lowest BCUT2D eigenvalue weighted by molar-refractivity contribution is 0.106. The van der Waals surface area contributed by atoms with Gasteiger partial charge in [-0.1, -0.05) is 28.1 Å². The zero-order chi connectivity index (χ0) is 12.4. The molecule has 0 saturated carbocycles. The molecule has 0 fully saturated rings. The quantitative estimate of drug-likeness (QED) is 0.772. The van der Waals surface area contributed by atoms with Crippen LogP contribution in [-0.4, -0.2) is 17.5 Å². The number of fused-ring (bicyclic) bond motifs is 1. The van der Waals surface area contributed by atoms with E-state index in [1.807, 2.05) is 17.6 Å². The van der Waals surface area contributed by atoms with Crippen molar-refractivity contribution in [2.24, 2.45) is 10.8 Å². The van der Waals surface area contributed by atoms with Crippen molar-refractivity contribution in [3.63, 3.8) is 0 Å². The van der Waals surface area contributed by atoms with Crippen molar-refractivity contribution in [1.82, 2.24) is 5.43 Å². The molecule has 0 radical (unpaired) electrons. The maximum absolute atomic E-state index is 12.0. The van der Waals surface area contributed by atoms with E-state index < -0.39 is 6.03 Å². The van der Waals surface area contributed by atoms with Gasteiger partial charge in [0.15, 0.2) is 0 Å². The highest BCUT2D eigenvalue weighted by Crippen LogP contribution is 2.22. The number of carbonyl (C=O) groups is 2. The topological polar surface area (TPSA) is 84.6 Å². The Hall–Kier alpha value is -1.95. The van der Waals surface area contributed by atoms with Crippen molar-refractivity contribution >= 4 is 39.5 Å². The highest BCUT2D eigenvalue weighted by atomic mass is 79.9. The van der Waals surface area contributed by atoms with Crippen molar-refractivity contribution in [3.8, 4) is 0 Å². The number of halogens is 1. The third-order valence-corrected chi connectivity index (χ3v) is 2.69. The summed E-state index contributed by atoms with van der Waals surface area (Å²) in [7, 11) is 0. The predicted octanol–water partition coefficient (Wildman–Crippen LogP) is 1.68. The minimum Gasteiger partial charge on any atom is -0.350 e. The van der Waals surface area contributed by atoms with Crippen LogP contribution in [-0.2, 0) is 0 Å². The SMILES string of the molecule is NC(=O)N/N=C1\C=Cc2ccc(Br)cc2C1=O. The maximum atomic E-state index is 12.0. The molecule has 6 heteroatoms. The predicted molar refractivity (Wildman–Crippen MR) is 67.7 cm³/mol. The minimum absolute atomic E-state index is 0.148. The van der Waals surface area contributed by atoms with E-state index in [2.05, 4.69) is 21.0 Å². The van der Waals surface area contributed by atoms with Gasteiger partial charge in [0.1, 0.15) is 5.71 Å². The number of carbonyl (C=O) groups excluding carboxylic acids is 2. The fourth-order valence-electron chi connectivity index (χ4n) is 1.46. The van der Waals surface area contributed by atoms with E-state index in [9.17, 15) is 9.59 Å². The fourth-order valence-corrected chi connectivity index (χ4v) is 1.82. The van der Waals surface area contributed by atoms with Gasteiger partial charge in [0.2, 0.25) is 5.78 Å². The van der Waals surface area contributed by atoms with Crippen LogP contribution < -0.4 is 11.2 Å². The average molecular weight is 294 g/mol. The van der Waals surface area contributed by atoms with Gasteiger partial charge < -0.3 is 5.73 Å². The molecule has 0 atom stereocenters. The van der Waals surface area contributed by atoms with E-state index in [1.165, 1.54) is 6.08 Å². The number of urea groups is 1. The van der Waals surface area contributed by atoms with Gasteiger partial charge in [-0.2, -0.15) is 5.10 Å². The third kappa shape index (κ3) is 2.42. The van der Waals surface area contributed by atoms with E-state index in [-0.39, 0.29) is 11.5 Å². The Labute approximate surface area is 106 Å². The minimum atomic E-state index is -0.807. The Morgan fingerprint density at radius 2 is 2.12 bits per heavy atom. The highest BCUT2D eigenvalue weighted by molar-refractivity contribution is 9.10. The summed E-state index contributed by atoms with van der Waals surface area (Å²) in [5, 5.41) is 3.63. The lowest BCUT2D eigenvalue weighted by Crippen LogP contribution is -2.28. The molecule has 5 nitrogen and oxygen atoms in total. The molecule has 2 amide bonds. The number of benzene rings is 1. The van der Waals surface area contributed by atoms with Gasteiger partial charge in [-0.05, 0) is 23.8 Å². The van der Waals surface area contributed by atoms with Gasteiger partial charge in [0.05, 0.1) is 0 Å². The summed E-state index contributed by atoms with van der Waals surface area (Å²) in [6, 6.07) is 4.58. The number of primary amides is 1. The highest BCUT2D eigenvalue weighted by Gasteiger charge is 2.19. The van der Waals surface area contributed by atoms with Crippen molar-refractivity contribution in [2.75, 3.05) is 0 Å². The largest absolute Gasteiger partial charge is 0.350 e. The number of rotatable bonds is 1. The van der Waals surface area contributed by atoms with E-state index in [0.29, 0.717) is 5.56 Å². The summed E-state index contributed by atoms with van der Waals surface area (Å²) in [6.07, 6.45) is 3.29. The Morgan fingerprint density at radius 1 is 1.35 bits per heavy atom. The number of amides is 2. The molecule has 0 saturated heterocycles. The molecular weight excluding hydrogens is 286 g/mol. The van der Waals surface area contributed by atoms with E-state index in [4.69, 9.17) is 5.73 Å². The molecule has 0 aromatic heterocycles. The van der Waals surface area contributed by atoms with Gasteiger partial charge in [-0.15, -0.1) is 0 Å². The molecule has 0 aliphatic heterocycles. The molecular formula is C11H8BrN3O2. The molecule has 2 rings (SSSR count). The van der Waals surface area contributed by atoms with Crippen LogP contribution in [0.25, 0.3) is 6.08 Å². The molecule has 1 aliphatic rings. The number of ketones is 1. The van der Waals surface area contributed by atoms with Crippen LogP contribution in [0.3, 0.4) is 0 Å². The number of hydrogen-bond donors (Lipinski definition) is 2. The number of nitrogens with one attached hydrogen (secondary N) is 1. The van der Waals surface area contributed by atoms with Gasteiger partial charge in [0.25, 0.3) is 0 Å². The van der Waals surface area contributed by atoms with Crippen molar-refractivity contribution in [1.29, 1.82) is 0 Å². The Morgan fingerprint density at radius 3 is 2.82 bits per heavy atom. The first-order valence-corrected chi connectivity index (χ1v) is 5.52. The van der Waals surface area contributed by atoms with Crippen molar-refractivity contribution in [3.05, 3.63) is 39.9 Å². The lowest BCUT2D eigenvalue weighted by Gasteiger charge is -2.10. The van der Waals surface area contributed by atoms with E-state index >= 15 is 0 Å². The molecule has 0 unspecified atom stereocenters. The number of nitrogens with zero attached hydrogens (tertiary/aromatic N) is 1. The molecule has 86 valence electrons. The summed E-state index contributed by atoms with van der Waals surface area (Å²) in [6.45, 7) is 0. The Balaban J connectivity index is 2.38. The number of hydrazone groups is 1. The zero-order valence-electron chi connectivity index (χ0n) is 8.61. The molecule has 17 heavy (non-hydrogen) atoms. The van der Waals surface area contributed by atoms with Crippen molar-refractivity contribution in [2.45, 2.75) is 0 Å². The Kier molecular flexibility index (Phi) is 3.06. The first-order valence-electron chi connectivity index (χ1n) is 4.73. The zero-order valence-corrected chi connectivity index (χ0v) is 10.2. The second-order valence-corrected chi connectivity index (χ2v) is 4.28. The van der Waals surface area contributed by atoms with Gasteiger partial charge in [0, 0.05) is 10.0 Å². The summed E-state index contributed by atoms with van der Waals surface area (Å²) in [5.41, 5.74) is 8.41. The van der Waals surface area contributed by atoms with E-state index in [1.54, 1.807) is 12.1 Å². The normalized spacial score (nSPS) is 15.8. The second kappa shape index (κ2) is 4.50. The van der Waals surface area contributed by atoms with Gasteiger partial charge in [-0.3, -0.25) is 4.79 Å². The standard InChI is InChI=1S/C11H8BrN3O2/c12-7-3-1-6-2-4-9(14-15-11(13)17)10(16)8(6)5-7/h1-5H,(H3,13,15,17)/b14-9+. The molecule has 1 aromatic rings. The lowest BCUT2D eigenvalue weighted by atomic mass is 9.95. The van der Waals surface area contributed by atoms with Crippen LogP contribution in [0.2, 0.25) is 0 Å². The van der Waals surface area contributed by atoms with Crippen LogP contribution in [0.1, 0.15) is 15.9 Å². The summed E-state index contributed by atoms with van der Waals surface area (Å²) >= 11 is 3.29. The van der Waals surface area contributed by atoms with Crippen molar-refractivity contribution < 1.29 is 9.59 Å². The third-order valence-electron chi connectivity index (χ3n) is 2.20. The number of hydrogen-bond acceptors (Lipinski definition) is 3. The van der Waals surface area contributed by atoms with Crippen LogP contribution in [0.4, 0.5) is 4.79 Å². The van der Waals surface area contributed by atoms with E-state index in [0.717, 1.165) is 10.0 Å². The summed E-state index contributed by atoms with van der Waals surface area (Å²) in [5.74, 6) is -0.252. The second-order valence-electron chi connectivity index (χ2n) is 3.37. The number of allylic oxidation sites excluding steroid dienone is 1. The maximum Gasteiger partial charge on any atom is 0.332 e. The molecule has 0 spiro atoms. The van der Waals surface area contributed by atoms with Crippen LogP contribution in [0.15, 0.2) is 33.8 Å². The van der Waals surface area contributed by atoms with Crippen LogP contribution >= 0.6 is 15.9 Å². The molecule has 0 bridgehead atoms. The smallest absolute Gasteiger partial charge is 0.332 e. The van der Waals surface area contributed by atoms with Crippen LogP contribution in [0.5, 0.6) is 0 Å².